The molecule has 2 rings (SSSR count). The highest BCUT2D eigenvalue weighted by atomic mass is 19.2. The molecule has 0 spiro atoms. The molecule has 5 nitrogen and oxygen atoms in total. The summed E-state index contributed by atoms with van der Waals surface area (Å²) in [5.74, 6) is -4.26. The van der Waals surface area contributed by atoms with Crippen LogP contribution in [-0.4, -0.2) is 60.3 Å². The van der Waals surface area contributed by atoms with Crippen molar-refractivity contribution in [3.63, 3.8) is 0 Å². The highest BCUT2D eigenvalue weighted by Crippen LogP contribution is 2.18. The molecule has 2 N–H and O–H groups in total. The minimum atomic E-state index is -1.56. The molecule has 2 amide bonds. The minimum Gasteiger partial charge on any atom is -0.395 e. The summed E-state index contributed by atoms with van der Waals surface area (Å²) in [6.07, 6.45) is 0. The topological polar surface area (TPSA) is 55.8 Å². The van der Waals surface area contributed by atoms with Crippen molar-refractivity contribution in [3.8, 4) is 0 Å². The zero-order valence-corrected chi connectivity index (χ0v) is 11.3. The Morgan fingerprint density at radius 2 is 1.71 bits per heavy atom. The van der Waals surface area contributed by atoms with Crippen LogP contribution in [0.2, 0.25) is 0 Å². The van der Waals surface area contributed by atoms with Crippen LogP contribution in [0.1, 0.15) is 0 Å². The van der Waals surface area contributed by atoms with Crippen molar-refractivity contribution in [2.75, 3.05) is 44.6 Å². The second kappa shape index (κ2) is 6.77. The molecule has 0 bridgehead atoms. The number of nitrogens with zero attached hydrogens (tertiary/aromatic N) is 2. The maximum absolute atomic E-state index is 13.1. The van der Waals surface area contributed by atoms with Crippen molar-refractivity contribution >= 4 is 11.7 Å². The van der Waals surface area contributed by atoms with Crippen molar-refractivity contribution in [2.24, 2.45) is 0 Å². The lowest BCUT2D eigenvalue weighted by Gasteiger charge is -2.34. The van der Waals surface area contributed by atoms with Gasteiger partial charge in [0.2, 0.25) is 0 Å². The van der Waals surface area contributed by atoms with Gasteiger partial charge in [-0.05, 0) is 0 Å². The van der Waals surface area contributed by atoms with Gasteiger partial charge >= 0.3 is 6.03 Å². The maximum atomic E-state index is 13.1. The number of nitrogens with one attached hydrogen (secondary N) is 1. The highest BCUT2D eigenvalue weighted by molar-refractivity contribution is 5.89. The van der Waals surface area contributed by atoms with Crippen LogP contribution in [-0.2, 0) is 0 Å². The molecule has 0 aliphatic carbocycles. The van der Waals surface area contributed by atoms with Gasteiger partial charge in [0, 0.05) is 50.5 Å². The van der Waals surface area contributed by atoms with Gasteiger partial charge in [0.15, 0.2) is 17.5 Å². The summed E-state index contributed by atoms with van der Waals surface area (Å²) in [5.41, 5.74) is -0.130. The zero-order chi connectivity index (χ0) is 15.4. The van der Waals surface area contributed by atoms with Crippen LogP contribution in [0.5, 0.6) is 0 Å². The molecule has 0 unspecified atom stereocenters. The number of carbonyl (C=O) groups is 1. The van der Waals surface area contributed by atoms with E-state index in [0.29, 0.717) is 32.7 Å². The van der Waals surface area contributed by atoms with Gasteiger partial charge < -0.3 is 15.3 Å². The molecule has 0 aromatic heterocycles. The standard InChI is InChI=1S/C13H16F3N3O2/c14-10-7-9(8-11(15)12(10)16)17-13(21)19-3-1-18(2-4-19)5-6-20/h7-8,20H,1-6H2,(H,17,21). The average molecular weight is 303 g/mol. The van der Waals surface area contributed by atoms with Crippen molar-refractivity contribution in [2.45, 2.75) is 0 Å². The van der Waals surface area contributed by atoms with Crippen molar-refractivity contribution in [1.29, 1.82) is 0 Å². The smallest absolute Gasteiger partial charge is 0.321 e. The molecule has 0 atom stereocenters. The molecule has 0 saturated carbocycles. The third kappa shape index (κ3) is 3.85. The molecule has 116 valence electrons. The predicted octanol–water partition coefficient (Wildman–Crippen LogP) is 1.25. The quantitative estimate of drug-likeness (QED) is 0.826. The molecular formula is C13H16F3N3O2. The number of carbonyl (C=O) groups excluding carboxylic acids is 1. The van der Waals surface area contributed by atoms with Crippen LogP contribution in [0.3, 0.4) is 0 Å². The fourth-order valence-corrected chi connectivity index (χ4v) is 2.15. The van der Waals surface area contributed by atoms with Gasteiger partial charge in [0.25, 0.3) is 0 Å². The molecular weight excluding hydrogens is 287 g/mol. The molecule has 1 aromatic rings. The number of hydrogen-bond donors (Lipinski definition) is 2. The summed E-state index contributed by atoms with van der Waals surface area (Å²) in [5, 5.41) is 11.2. The van der Waals surface area contributed by atoms with Gasteiger partial charge in [-0.1, -0.05) is 0 Å². The number of piperazine rings is 1. The highest BCUT2D eigenvalue weighted by Gasteiger charge is 2.21. The number of amides is 2. The van der Waals surface area contributed by atoms with Crippen LogP contribution < -0.4 is 5.32 Å². The molecule has 1 saturated heterocycles. The Hall–Kier alpha value is -1.80. The molecule has 1 heterocycles. The van der Waals surface area contributed by atoms with E-state index in [1.807, 2.05) is 4.90 Å². The minimum absolute atomic E-state index is 0.0559. The van der Waals surface area contributed by atoms with E-state index < -0.39 is 23.5 Å². The van der Waals surface area contributed by atoms with Gasteiger partial charge in [-0.3, -0.25) is 4.90 Å². The van der Waals surface area contributed by atoms with E-state index in [-0.39, 0.29) is 12.3 Å². The molecule has 1 fully saturated rings. The molecule has 1 aromatic carbocycles. The second-order valence-corrected chi connectivity index (χ2v) is 4.74. The molecule has 1 aliphatic rings. The summed E-state index contributed by atoms with van der Waals surface area (Å²) in [6, 6.07) is 0.973. The fourth-order valence-electron chi connectivity index (χ4n) is 2.15. The number of β-amino-alcohol motifs (C(OH)–C–C–N with tert-alkyl or cyclic N) is 1. The summed E-state index contributed by atoms with van der Waals surface area (Å²) >= 11 is 0. The lowest BCUT2D eigenvalue weighted by atomic mass is 10.3. The monoisotopic (exact) mass is 303 g/mol. The third-order valence-corrected chi connectivity index (χ3v) is 3.31. The maximum Gasteiger partial charge on any atom is 0.321 e. The molecule has 21 heavy (non-hydrogen) atoms. The first-order valence-corrected chi connectivity index (χ1v) is 6.55. The number of aliphatic hydroxyl groups excluding tert-OH is 1. The van der Waals surface area contributed by atoms with Gasteiger partial charge in [0.05, 0.1) is 6.61 Å². The van der Waals surface area contributed by atoms with Crippen molar-refractivity contribution < 1.29 is 23.1 Å². The Morgan fingerprint density at radius 1 is 1.14 bits per heavy atom. The van der Waals surface area contributed by atoms with E-state index in [1.54, 1.807) is 0 Å². The van der Waals surface area contributed by atoms with Gasteiger partial charge in [0.1, 0.15) is 0 Å². The second-order valence-electron chi connectivity index (χ2n) is 4.74. The van der Waals surface area contributed by atoms with E-state index in [1.165, 1.54) is 4.90 Å². The normalized spacial score (nSPS) is 16.1. The Morgan fingerprint density at radius 3 is 2.24 bits per heavy atom. The summed E-state index contributed by atoms with van der Waals surface area (Å²) in [4.78, 5) is 15.4. The van der Waals surface area contributed by atoms with E-state index in [4.69, 9.17) is 5.11 Å². The number of halogens is 3. The number of urea groups is 1. The lowest BCUT2D eigenvalue weighted by Crippen LogP contribution is -2.50. The van der Waals surface area contributed by atoms with E-state index >= 15 is 0 Å². The van der Waals surface area contributed by atoms with Gasteiger partial charge in [-0.15, -0.1) is 0 Å². The van der Waals surface area contributed by atoms with E-state index in [9.17, 15) is 18.0 Å². The first-order valence-electron chi connectivity index (χ1n) is 6.55. The Bertz CT molecular complexity index is 496. The summed E-state index contributed by atoms with van der Waals surface area (Å²) < 4.78 is 38.9. The Labute approximate surface area is 120 Å². The van der Waals surface area contributed by atoms with Crippen LogP contribution in [0.25, 0.3) is 0 Å². The first kappa shape index (κ1) is 15.6. The lowest BCUT2D eigenvalue weighted by molar-refractivity contribution is 0.127. The number of benzene rings is 1. The average Bonchev–Trinajstić information content (AvgIpc) is 2.45. The SMILES string of the molecule is O=C(Nc1cc(F)c(F)c(F)c1)N1CCN(CCO)CC1. The van der Waals surface area contributed by atoms with Gasteiger partial charge in [-0.25, -0.2) is 18.0 Å². The third-order valence-electron chi connectivity index (χ3n) is 3.31. The molecule has 0 radical (unpaired) electrons. The number of hydrogen-bond acceptors (Lipinski definition) is 3. The Kier molecular flexibility index (Phi) is 5.03. The van der Waals surface area contributed by atoms with Crippen molar-refractivity contribution in [1.82, 2.24) is 9.80 Å². The predicted molar refractivity (Wildman–Crippen MR) is 70.4 cm³/mol. The molecule has 8 heteroatoms. The number of anilines is 1. The molecule has 1 aliphatic heterocycles. The first-order chi connectivity index (χ1) is 10.0. The Balaban J connectivity index is 1.93. The number of rotatable bonds is 3. The number of aliphatic hydroxyl groups is 1. The van der Waals surface area contributed by atoms with Crippen LogP contribution in [0.15, 0.2) is 12.1 Å². The van der Waals surface area contributed by atoms with E-state index in [2.05, 4.69) is 5.32 Å². The van der Waals surface area contributed by atoms with Crippen molar-refractivity contribution in [3.05, 3.63) is 29.6 Å². The van der Waals surface area contributed by atoms with Crippen LogP contribution >= 0.6 is 0 Å². The summed E-state index contributed by atoms with van der Waals surface area (Å²) in [7, 11) is 0. The van der Waals surface area contributed by atoms with Crippen LogP contribution in [0, 0.1) is 17.5 Å². The van der Waals surface area contributed by atoms with Crippen LogP contribution in [0.4, 0.5) is 23.7 Å². The van der Waals surface area contributed by atoms with Gasteiger partial charge in [-0.2, -0.15) is 0 Å². The zero-order valence-electron chi connectivity index (χ0n) is 11.3. The van der Waals surface area contributed by atoms with E-state index in [0.717, 1.165) is 12.1 Å². The largest absolute Gasteiger partial charge is 0.395 e. The fraction of sp³-hybridized carbons (Fsp3) is 0.462. The summed E-state index contributed by atoms with van der Waals surface area (Å²) in [6.45, 7) is 2.71.